The van der Waals surface area contributed by atoms with E-state index in [-0.39, 0.29) is 11.3 Å². The molecule has 2 nitrogen and oxygen atoms in total. The van der Waals surface area contributed by atoms with Crippen LogP contribution in [0.4, 0.5) is 0 Å². The van der Waals surface area contributed by atoms with Crippen molar-refractivity contribution in [3.05, 3.63) is 23.3 Å². The quantitative estimate of drug-likeness (QED) is 0.557. The van der Waals surface area contributed by atoms with Gasteiger partial charge in [0.2, 0.25) is 0 Å². The van der Waals surface area contributed by atoms with E-state index in [1.165, 1.54) is 11.1 Å². The van der Waals surface area contributed by atoms with Crippen LogP contribution in [0.15, 0.2) is 23.3 Å². The summed E-state index contributed by atoms with van der Waals surface area (Å²) in [7, 11) is 0. The summed E-state index contributed by atoms with van der Waals surface area (Å²) in [4.78, 5) is 11.6. The van der Waals surface area contributed by atoms with Crippen molar-refractivity contribution < 1.29 is 9.90 Å². The normalized spacial score (nSPS) is 46.2. The number of carbonyl (C=O) groups is 1. The summed E-state index contributed by atoms with van der Waals surface area (Å²) in [5.41, 5.74) is 2.16. The van der Waals surface area contributed by atoms with Gasteiger partial charge in [-0.25, -0.2) is 0 Å². The van der Waals surface area contributed by atoms with E-state index in [0.29, 0.717) is 5.92 Å². The Balaban J connectivity index is 2.21. The van der Waals surface area contributed by atoms with Crippen molar-refractivity contribution in [2.24, 2.45) is 22.7 Å². The van der Waals surface area contributed by atoms with Crippen molar-refractivity contribution >= 4 is 6.29 Å². The summed E-state index contributed by atoms with van der Waals surface area (Å²) >= 11 is 0. The molecule has 1 saturated carbocycles. The maximum Gasteiger partial charge on any atom is 0.130 e. The predicted octanol–water partition coefficient (Wildman–Crippen LogP) is 2.48. The van der Waals surface area contributed by atoms with Gasteiger partial charge in [0, 0.05) is 5.92 Å². The van der Waals surface area contributed by atoms with Gasteiger partial charge in [0.05, 0.1) is 11.5 Å². The van der Waals surface area contributed by atoms with Crippen molar-refractivity contribution in [1.82, 2.24) is 0 Å². The maximum atomic E-state index is 11.6. The standard InChI is InChI=1S/C15H20O2/c1-9-4-5-11-13-10(9)6-12(17)15(13,8-16)7-14(11,2)3/h5-6,8-9,12-13,17H,4,7H2,1-3H3/t9-,12+,13+,15+/m1/s1. The van der Waals surface area contributed by atoms with Crippen LogP contribution in [0, 0.1) is 22.7 Å². The van der Waals surface area contributed by atoms with E-state index < -0.39 is 11.5 Å². The summed E-state index contributed by atoms with van der Waals surface area (Å²) in [5.74, 6) is 0.642. The Morgan fingerprint density at radius 3 is 2.82 bits per heavy atom. The summed E-state index contributed by atoms with van der Waals surface area (Å²) in [6.45, 7) is 6.59. The van der Waals surface area contributed by atoms with Crippen LogP contribution >= 0.6 is 0 Å². The average Bonchev–Trinajstić information content (AvgIpc) is 2.67. The van der Waals surface area contributed by atoms with Crippen LogP contribution < -0.4 is 0 Å². The van der Waals surface area contributed by atoms with Crippen molar-refractivity contribution in [3.8, 4) is 0 Å². The summed E-state index contributed by atoms with van der Waals surface area (Å²) in [5, 5.41) is 10.3. The van der Waals surface area contributed by atoms with Gasteiger partial charge >= 0.3 is 0 Å². The van der Waals surface area contributed by atoms with Crippen LogP contribution in [0.25, 0.3) is 0 Å². The second-order valence-corrected chi connectivity index (χ2v) is 6.63. The topological polar surface area (TPSA) is 37.3 Å². The molecule has 0 aromatic carbocycles. The first-order chi connectivity index (χ1) is 7.92. The lowest BCUT2D eigenvalue weighted by Crippen LogP contribution is -2.36. The zero-order chi connectivity index (χ0) is 12.4. The number of hydrogen-bond acceptors (Lipinski definition) is 2. The van der Waals surface area contributed by atoms with Gasteiger partial charge in [-0.1, -0.05) is 44.1 Å². The molecule has 1 N–H and O–H groups in total. The lowest BCUT2D eigenvalue weighted by atomic mass is 9.71. The highest BCUT2D eigenvalue weighted by Gasteiger charge is 2.62. The van der Waals surface area contributed by atoms with Gasteiger partial charge in [-0.05, 0) is 24.2 Å². The molecule has 3 aliphatic carbocycles. The highest BCUT2D eigenvalue weighted by atomic mass is 16.3. The van der Waals surface area contributed by atoms with E-state index in [0.717, 1.165) is 19.1 Å². The number of carbonyl (C=O) groups excluding carboxylic acids is 1. The molecule has 0 aliphatic heterocycles. The highest BCUT2D eigenvalue weighted by molar-refractivity contribution is 5.70. The van der Waals surface area contributed by atoms with E-state index in [1.807, 2.05) is 6.08 Å². The molecule has 0 heterocycles. The van der Waals surface area contributed by atoms with Gasteiger partial charge in [0.15, 0.2) is 0 Å². The van der Waals surface area contributed by atoms with Gasteiger partial charge in [-0.15, -0.1) is 0 Å². The van der Waals surface area contributed by atoms with E-state index in [2.05, 4.69) is 26.8 Å². The van der Waals surface area contributed by atoms with Gasteiger partial charge in [0.25, 0.3) is 0 Å². The third kappa shape index (κ3) is 1.17. The molecule has 0 bridgehead atoms. The smallest absolute Gasteiger partial charge is 0.130 e. The van der Waals surface area contributed by atoms with E-state index >= 15 is 0 Å². The minimum absolute atomic E-state index is 0.0478. The first kappa shape index (κ1) is 11.2. The first-order valence-electron chi connectivity index (χ1n) is 6.49. The highest BCUT2D eigenvalue weighted by Crippen LogP contribution is 2.65. The Bertz CT molecular complexity index is 444. The molecular weight excluding hydrogens is 212 g/mol. The zero-order valence-electron chi connectivity index (χ0n) is 10.7. The predicted molar refractivity (Wildman–Crippen MR) is 66.3 cm³/mol. The fourth-order valence-electron chi connectivity index (χ4n) is 4.31. The second kappa shape index (κ2) is 3.11. The van der Waals surface area contributed by atoms with Gasteiger partial charge < -0.3 is 9.90 Å². The van der Waals surface area contributed by atoms with Crippen LogP contribution in [-0.2, 0) is 4.79 Å². The number of hydrogen-bond donors (Lipinski definition) is 1. The van der Waals surface area contributed by atoms with Gasteiger partial charge in [-0.2, -0.15) is 0 Å². The van der Waals surface area contributed by atoms with E-state index in [4.69, 9.17) is 0 Å². The Labute approximate surface area is 102 Å². The molecule has 3 rings (SSSR count). The molecular formula is C15H20O2. The molecule has 17 heavy (non-hydrogen) atoms. The molecule has 0 saturated heterocycles. The maximum absolute atomic E-state index is 11.6. The molecule has 0 radical (unpaired) electrons. The Hall–Kier alpha value is -0.890. The fourth-order valence-corrected chi connectivity index (χ4v) is 4.31. The second-order valence-electron chi connectivity index (χ2n) is 6.63. The molecule has 0 spiro atoms. The molecule has 0 aromatic heterocycles. The molecule has 1 fully saturated rings. The van der Waals surface area contributed by atoms with Gasteiger partial charge in [0.1, 0.15) is 6.29 Å². The number of aldehydes is 1. The van der Waals surface area contributed by atoms with Crippen molar-refractivity contribution in [1.29, 1.82) is 0 Å². The number of rotatable bonds is 1. The molecule has 3 aliphatic rings. The minimum Gasteiger partial charge on any atom is -0.388 e. The number of aliphatic hydroxyl groups excluding tert-OH is 1. The average molecular weight is 232 g/mol. The van der Waals surface area contributed by atoms with E-state index in [9.17, 15) is 9.90 Å². The lowest BCUT2D eigenvalue weighted by molar-refractivity contribution is -0.121. The lowest BCUT2D eigenvalue weighted by Gasteiger charge is -2.32. The summed E-state index contributed by atoms with van der Waals surface area (Å²) in [6.07, 6.45) is 6.51. The monoisotopic (exact) mass is 232 g/mol. The van der Waals surface area contributed by atoms with Crippen LogP contribution in [0.5, 0.6) is 0 Å². The molecule has 0 aromatic rings. The fraction of sp³-hybridized carbons (Fsp3) is 0.667. The van der Waals surface area contributed by atoms with Crippen LogP contribution in [-0.4, -0.2) is 17.5 Å². The van der Waals surface area contributed by atoms with Crippen LogP contribution in [0.1, 0.15) is 33.6 Å². The molecule has 0 amide bonds. The van der Waals surface area contributed by atoms with Crippen molar-refractivity contribution in [3.63, 3.8) is 0 Å². The third-order valence-electron chi connectivity index (χ3n) is 5.09. The third-order valence-corrected chi connectivity index (χ3v) is 5.09. The Kier molecular flexibility index (Phi) is 2.05. The molecule has 0 unspecified atom stereocenters. The molecule has 4 atom stereocenters. The Morgan fingerprint density at radius 2 is 2.18 bits per heavy atom. The summed E-state index contributed by atoms with van der Waals surface area (Å²) < 4.78 is 0. The molecule has 2 heteroatoms. The van der Waals surface area contributed by atoms with Crippen molar-refractivity contribution in [2.75, 3.05) is 0 Å². The first-order valence-corrected chi connectivity index (χ1v) is 6.49. The summed E-state index contributed by atoms with van der Waals surface area (Å²) in [6, 6.07) is 0. The van der Waals surface area contributed by atoms with Crippen molar-refractivity contribution in [2.45, 2.75) is 39.7 Å². The van der Waals surface area contributed by atoms with Gasteiger partial charge in [-0.3, -0.25) is 0 Å². The zero-order valence-corrected chi connectivity index (χ0v) is 10.7. The molecule has 92 valence electrons. The minimum atomic E-state index is -0.592. The SMILES string of the molecule is C[C@@H]1CC=C2[C@@H]3C1=C[C@H](O)[C@@]3(C=O)CC2(C)C. The Morgan fingerprint density at radius 1 is 1.47 bits per heavy atom. The number of allylic oxidation sites excluding steroid dienone is 3. The van der Waals surface area contributed by atoms with Crippen LogP contribution in [0.3, 0.4) is 0 Å². The number of aliphatic hydroxyl groups is 1. The van der Waals surface area contributed by atoms with E-state index in [1.54, 1.807) is 0 Å². The van der Waals surface area contributed by atoms with Crippen LogP contribution in [0.2, 0.25) is 0 Å². The largest absolute Gasteiger partial charge is 0.388 e.